The summed E-state index contributed by atoms with van der Waals surface area (Å²) in [7, 11) is 0. The van der Waals surface area contributed by atoms with Gasteiger partial charge in [-0.2, -0.15) is 0 Å². The van der Waals surface area contributed by atoms with E-state index in [4.69, 9.17) is 21.3 Å². The summed E-state index contributed by atoms with van der Waals surface area (Å²) in [6, 6.07) is 4.69. The molecule has 3 aliphatic heterocycles. The number of benzene rings is 1. The summed E-state index contributed by atoms with van der Waals surface area (Å²) in [5.41, 5.74) is 10.3. The number of pyridine rings is 2. The number of nitrogens with zero attached hydrogens (tertiary/aromatic N) is 4. The Morgan fingerprint density at radius 3 is 2.73 bits per heavy atom. The molecule has 1 atom stereocenters. The highest BCUT2D eigenvalue weighted by Gasteiger charge is 2.35. The smallest absolute Gasteiger partial charge is 0.340 e. The number of aryl methyl sites for hydroxylation is 1. The van der Waals surface area contributed by atoms with E-state index in [0.29, 0.717) is 46.0 Å². The number of aliphatic hydroxyl groups excluding tert-OH is 2. The van der Waals surface area contributed by atoms with Gasteiger partial charge in [0.05, 0.1) is 35.6 Å². The fraction of sp³-hybridized carbons (Fsp3) is 0.414. The van der Waals surface area contributed by atoms with Crippen LogP contribution in [0.25, 0.3) is 22.3 Å². The Labute approximate surface area is 235 Å². The van der Waals surface area contributed by atoms with Gasteiger partial charge in [0.2, 0.25) is 0 Å². The SMILES string of the molecule is Cc1cc2c(CN(N)/C=C(\N)CN3CCC(CO)CC3)c3c(nc2cc1F)-c1cc2c(c(=O)n1C3)COC(=O)C2O. The van der Waals surface area contributed by atoms with E-state index >= 15 is 0 Å². The third-order valence-electron chi connectivity index (χ3n) is 8.40. The molecular formula is C29H33FN6O5. The zero-order valence-electron chi connectivity index (χ0n) is 22.8. The molecule has 0 amide bonds. The van der Waals surface area contributed by atoms with Gasteiger partial charge in [0.15, 0.2) is 6.10 Å². The van der Waals surface area contributed by atoms with Crippen molar-refractivity contribution in [3.63, 3.8) is 0 Å². The van der Waals surface area contributed by atoms with Crippen LogP contribution in [-0.2, 0) is 29.2 Å². The highest BCUT2D eigenvalue weighted by Crippen LogP contribution is 2.38. The average Bonchev–Trinajstić information content (AvgIpc) is 3.31. The number of hydrogen-bond acceptors (Lipinski definition) is 10. The van der Waals surface area contributed by atoms with Gasteiger partial charge in [0.25, 0.3) is 5.56 Å². The third kappa shape index (κ3) is 4.86. The van der Waals surface area contributed by atoms with Crippen LogP contribution in [0.5, 0.6) is 0 Å². The number of ether oxygens (including phenoxy) is 1. The van der Waals surface area contributed by atoms with Gasteiger partial charge in [0, 0.05) is 47.6 Å². The molecule has 0 saturated carbocycles. The van der Waals surface area contributed by atoms with Crippen LogP contribution in [0.2, 0.25) is 0 Å². The highest BCUT2D eigenvalue weighted by molar-refractivity contribution is 5.89. The van der Waals surface area contributed by atoms with Gasteiger partial charge in [-0.25, -0.2) is 20.0 Å². The number of nitrogens with two attached hydrogens (primary N) is 2. The summed E-state index contributed by atoms with van der Waals surface area (Å²) in [5, 5.41) is 22.0. The Kier molecular flexibility index (Phi) is 7.02. The summed E-state index contributed by atoms with van der Waals surface area (Å²) in [4.78, 5) is 32.4. The molecule has 3 aliphatic rings. The molecule has 0 aliphatic carbocycles. The fourth-order valence-electron chi connectivity index (χ4n) is 6.09. The Morgan fingerprint density at radius 2 is 2.00 bits per heavy atom. The number of carbonyl (C=O) groups excluding carboxylic acids is 1. The van der Waals surface area contributed by atoms with Gasteiger partial charge in [0.1, 0.15) is 12.4 Å². The maximum Gasteiger partial charge on any atom is 0.340 e. The number of hydrogen-bond donors (Lipinski definition) is 4. The first-order chi connectivity index (χ1) is 19.6. The zero-order valence-corrected chi connectivity index (χ0v) is 22.8. The maximum atomic E-state index is 14.7. The van der Waals surface area contributed by atoms with Crippen LogP contribution in [0.15, 0.2) is 34.9 Å². The summed E-state index contributed by atoms with van der Waals surface area (Å²) in [6.45, 7) is 4.31. The predicted octanol–water partition coefficient (Wildman–Crippen LogP) is 1.14. The van der Waals surface area contributed by atoms with Gasteiger partial charge in [-0.3, -0.25) is 9.69 Å². The topological polar surface area (TPSA) is 160 Å². The molecule has 1 unspecified atom stereocenters. The number of fused-ring (bicyclic) bond motifs is 5. The molecule has 0 radical (unpaired) electrons. The molecule has 12 heteroatoms. The lowest BCUT2D eigenvalue weighted by Gasteiger charge is -2.31. The van der Waals surface area contributed by atoms with Crippen molar-refractivity contribution in [3.05, 3.63) is 74.1 Å². The molecule has 216 valence electrons. The Hall–Kier alpha value is -3.84. The molecule has 41 heavy (non-hydrogen) atoms. The predicted molar refractivity (Wildman–Crippen MR) is 148 cm³/mol. The molecule has 6 rings (SSSR count). The van der Waals surface area contributed by atoms with E-state index in [9.17, 15) is 24.2 Å². The third-order valence-corrected chi connectivity index (χ3v) is 8.40. The molecule has 2 aromatic heterocycles. The summed E-state index contributed by atoms with van der Waals surface area (Å²) in [5.74, 6) is 5.56. The number of cyclic esters (lactones) is 1. The molecular weight excluding hydrogens is 531 g/mol. The Balaban J connectivity index is 1.37. The van der Waals surface area contributed by atoms with Crippen molar-refractivity contribution in [2.45, 2.75) is 45.6 Å². The molecule has 5 heterocycles. The minimum absolute atomic E-state index is 0.197. The minimum Gasteiger partial charge on any atom is -0.458 e. The van der Waals surface area contributed by atoms with Gasteiger partial charge < -0.3 is 30.3 Å². The van der Waals surface area contributed by atoms with E-state index in [1.54, 1.807) is 25.3 Å². The normalized spacial score (nSPS) is 19.2. The van der Waals surface area contributed by atoms with E-state index < -0.39 is 17.9 Å². The molecule has 6 N–H and O–H groups in total. The van der Waals surface area contributed by atoms with Crippen LogP contribution in [0.1, 0.15) is 46.8 Å². The minimum atomic E-state index is -1.57. The number of hydrazine groups is 1. The highest BCUT2D eigenvalue weighted by atomic mass is 19.1. The van der Waals surface area contributed by atoms with Gasteiger partial charge >= 0.3 is 5.97 Å². The van der Waals surface area contributed by atoms with Crippen molar-refractivity contribution < 1.29 is 24.1 Å². The van der Waals surface area contributed by atoms with E-state index in [-0.39, 0.29) is 43.0 Å². The van der Waals surface area contributed by atoms with Crippen LogP contribution in [0, 0.1) is 18.7 Å². The van der Waals surface area contributed by atoms with Gasteiger partial charge in [-0.1, -0.05) is 0 Å². The lowest BCUT2D eigenvalue weighted by Crippen LogP contribution is -2.38. The first-order valence-electron chi connectivity index (χ1n) is 13.7. The second kappa shape index (κ2) is 10.5. The molecule has 1 aromatic carbocycles. The number of halogens is 1. The lowest BCUT2D eigenvalue weighted by atomic mass is 9.97. The summed E-state index contributed by atoms with van der Waals surface area (Å²) in [6.07, 6.45) is 1.95. The Morgan fingerprint density at radius 1 is 1.24 bits per heavy atom. The van der Waals surface area contributed by atoms with E-state index in [1.807, 2.05) is 0 Å². The van der Waals surface area contributed by atoms with E-state index in [2.05, 4.69) is 4.90 Å². The van der Waals surface area contributed by atoms with Gasteiger partial charge in [-0.15, -0.1) is 0 Å². The van der Waals surface area contributed by atoms with Crippen LogP contribution in [0.4, 0.5) is 4.39 Å². The monoisotopic (exact) mass is 564 g/mol. The van der Waals surface area contributed by atoms with Crippen molar-refractivity contribution in [3.8, 4) is 11.4 Å². The lowest BCUT2D eigenvalue weighted by molar-refractivity contribution is -0.157. The number of carbonyl (C=O) groups is 1. The second-order valence-corrected chi connectivity index (χ2v) is 11.2. The van der Waals surface area contributed by atoms with Crippen LogP contribution < -0.4 is 17.1 Å². The molecule has 11 nitrogen and oxygen atoms in total. The molecule has 0 bridgehead atoms. The first kappa shape index (κ1) is 27.3. The van der Waals surface area contributed by atoms with E-state index in [1.165, 1.54) is 15.6 Å². The largest absolute Gasteiger partial charge is 0.458 e. The zero-order chi connectivity index (χ0) is 29.0. The number of esters is 1. The van der Waals surface area contributed by atoms with Crippen LogP contribution in [-0.4, -0.2) is 61.9 Å². The van der Waals surface area contributed by atoms with Crippen molar-refractivity contribution in [2.24, 2.45) is 17.5 Å². The van der Waals surface area contributed by atoms with Crippen molar-refractivity contribution in [1.29, 1.82) is 0 Å². The molecule has 3 aromatic rings. The number of rotatable bonds is 6. The number of aliphatic hydroxyl groups is 2. The van der Waals surface area contributed by atoms with Crippen molar-refractivity contribution in [1.82, 2.24) is 19.5 Å². The Bertz CT molecular complexity index is 1650. The fourth-order valence-corrected chi connectivity index (χ4v) is 6.09. The van der Waals surface area contributed by atoms with E-state index in [0.717, 1.165) is 37.1 Å². The molecule has 0 spiro atoms. The standard InChI is InChI=1S/C29H33FN6O5/c1-15-6-18-20(11-35(32)10-17(31)9-34-4-2-16(13-37)3-5-34)21-12-36-25(26(21)33-24(18)8-23(15)30)7-19-22(28(36)39)14-41-29(40)27(19)38/h6-8,10,16,27,37-38H,2-5,9,11-14,31-32H2,1H3/b17-10-. The number of likely N-dealkylation sites (tertiary alicyclic amines) is 1. The number of aromatic nitrogens is 2. The summed E-state index contributed by atoms with van der Waals surface area (Å²) >= 11 is 0. The van der Waals surface area contributed by atoms with Crippen LogP contribution >= 0.6 is 0 Å². The number of piperidine rings is 1. The molecule has 1 fully saturated rings. The quantitative estimate of drug-likeness (QED) is 0.152. The van der Waals surface area contributed by atoms with Crippen molar-refractivity contribution >= 4 is 16.9 Å². The van der Waals surface area contributed by atoms with Crippen molar-refractivity contribution in [2.75, 3.05) is 26.2 Å². The molecule has 1 saturated heterocycles. The van der Waals surface area contributed by atoms with Gasteiger partial charge in [-0.05, 0) is 62.0 Å². The first-order valence-corrected chi connectivity index (χ1v) is 13.7. The second-order valence-electron chi connectivity index (χ2n) is 11.2. The summed E-state index contributed by atoms with van der Waals surface area (Å²) < 4.78 is 21.2. The average molecular weight is 565 g/mol. The van der Waals surface area contributed by atoms with Crippen LogP contribution in [0.3, 0.4) is 0 Å². The maximum absolute atomic E-state index is 14.7.